The molecule has 3 rings (SSSR count). The fourth-order valence-electron chi connectivity index (χ4n) is 3.40. The molecule has 2 aromatic rings. The van der Waals surface area contributed by atoms with E-state index in [1.165, 1.54) is 5.56 Å². The molecule has 1 aliphatic rings. The van der Waals surface area contributed by atoms with Crippen molar-refractivity contribution in [3.63, 3.8) is 0 Å². The SMILES string of the molecule is Cc1ccc(CNC(=O)c2cccc(CNC(=O)C3CCC(N)C3)c2)cc1.Cl. The molecule has 5 nitrogen and oxygen atoms in total. The van der Waals surface area contributed by atoms with Crippen molar-refractivity contribution in [1.82, 2.24) is 10.6 Å². The monoisotopic (exact) mass is 401 g/mol. The van der Waals surface area contributed by atoms with Crippen LogP contribution in [0.25, 0.3) is 0 Å². The maximum atomic E-state index is 12.4. The molecular weight excluding hydrogens is 374 g/mol. The van der Waals surface area contributed by atoms with E-state index in [0.717, 1.165) is 30.4 Å². The third kappa shape index (κ3) is 6.08. The van der Waals surface area contributed by atoms with Gasteiger partial charge in [0.2, 0.25) is 5.91 Å². The number of benzene rings is 2. The van der Waals surface area contributed by atoms with Crippen molar-refractivity contribution in [2.24, 2.45) is 11.7 Å². The molecule has 4 N–H and O–H groups in total. The Morgan fingerprint density at radius 3 is 2.39 bits per heavy atom. The minimum atomic E-state index is -0.120. The van der Waals surface area contributed by atoms with Crippen molar-refractivity contribution >= 4 is 24.2 Å². The van der Waals surface area contributed by atoms with Crippen LogP contribution in [0.2, 0.25) is 0 Å². The molecule has 28 heavy (non-hydrogen) atoms. The smallest absolute Gasteiger partial charge is 0.251 e. The minimum Gasteiger partial charge on any atom is -0.352 e. The first-order valence-electron chi connectivity index (χ1n) is 9.47. The van der Waals surface area contributed by atoms with Gasteiger partial charge < -0.3 is 16.4 Å². The van der Waals surface area contributed by atoms with Gasteiger partial charge in [0.25, 0.3) is 5.91 Å². The number of amides is 2. The molecule has 6 heteroatoms. The highest BCUT2D eigenvalue weighted by Crippen LogP contribution is 2.24. The maximum Gasteiger partial charge on any atom is 0.251 e. The molecule has 0 saturated heterocycles. The van der Waals surface area contributed by atoms with Gasteiger partial charge in [-0.1, -0.05) is 42.0 Å². The van der Waals surface area contributed by atoms with E-state index in [0.29, 0.717) is 18.7 Å². The van der Waals surface area contributed by atoms with Crippen molar-refractivity contribution in [3.05, 3.63) is 70.8 Å². The van der Waals surface area contributed by atoms with Crippen LogP contribution in [0.1, 0.15) is 46.3 Å². The second kappa shape index (κ2) is 10.2. The van der Waals surface area contributed by atoms with E-state index >= 15 is 0 Å². The normalized spacial score (nSPS) is 18.2. The lowest BCUT2D eigenvalue weighted by molar-refractivity contribution is -0.125. The zero-order chi connectivity index (χ0) is 19.2. The fraction of sp³-hybridized carbons (Fsp3) is 0.364. The van der Waals surface area contributed by atoms with Crippen molar-refractivity contribution in [3.8, 4) is 0 Å². The lowest BCUT2D eigenvalue weighted by atomic mass is 10.1. The summed E-state index contributed by atoms with van der Waals surface area (Å²) < 4.78 is 0. The summed E-state index contributed by atoms with van der Waals surface area (Å²) in [4.78, 5) is 24.6. The van der Waals surface area contributed by atoms with E-state index in [1.54, 1.807) is 6.07 Å². The molecular formula is C22H28ClN3O2. The average molecular weight is 402 g/mol. The molecule has 1 aliphatic carbocycles. The number of aryl methyl sites for hydroxylation is 1. The van der Waals surface area contributed by atoms with Crippen molar-refractivity contribution < 1.29 is 9.59 Å². The van der Waals surface area contributed by atoms with Crippen LogP contribution in [0.15, 0.2) is 48.5 Å². The topological polar surface area (TPSA) is 84.2 Å². The predicted octanol–water partition coefficient (Wildman–Crippen LogP) is 3.09. The van der Waals surface area contributed by atoms with Crippen LogP contribution in [-0.4, -0.2) is 17.9 Å². The van der Waals surface area contributed by atoms with Gasteiger partial charge in [-0.25, -0.2) is 0 Å². The van der Waals surface area contributed by atoms with Crippen molar-refractivity contribution in [1.29, 1.82) is 0 Å². The summed E-state index contributed by atoms with van der Waals surface area (Å²) in [5.41, 5.74) is 9.64. The quantitative estimate of drug-likeness (QED) is 0.695. The Hall–Kier alpha value is -2.37. The molecule has 0 radical (unpaired) electrons. The first-order chi connectivity index (χ1) is 13.0. The number of nitrogens with two attached hydrogens (primary N) is 1. The van der Waals surface area contributed by atoms with Gasteiger partial charge in [0.1, 0.15) is 0 Å². The van der Waals surface area contributed by atoms with E-state index in [2.05, 4.69) is 10.6 Å². The van der Waals surface area contributed by atoms with E-state index < -0.39 is 0 Å². The number of carbonyl (C=O) groups is 2. The fourth-order valence-corrected chi connectivity index (χ4v) is 3.40. The molecule has 1 fully saturated rings. The van der Waals surface area contributed by atoms with E-state index in [9.17, 15) is 9.59 Å². The summed E-state index contributed by atoms with van der Waals surface area (Å²) in [6.07, 6.45) is 2.52. The third-order valence-electron chi connectivity index (χ3n) is 5.07. The number of rotatable bonds is 6. The molecule has 2 amide bonds. The first kappa shape index (κ1) is 21.9. The highest BCUT2D eigenvalue weighted by Gasteiger charge is 2.27. The zero-order valence-electron chi connectivity index (χ0n) is 16.1. The standard InChI is InChI=1S/C22H27N3O2.ClH/c1-15-5-7-16(8-6-15)13-24-21(26)18-4-2-3-17(11-18)14-25-22(27)19-9-10-20(23)12-19;/h2-8,11,19-20H,9-10,12-14,23H2,1H3,(H,24,26)(H,25,27);1H. The lowest BCUT2D eigenvalue weighted by Gasteiger charge is -2.12. The highest BCUT2D eigenvalue weighted by atomic mass is 35.5. The van der Waals surface area contributed by atoms with Crippen LogP contribution in [0, 0.1) is 12.8 Å². The Morgan fingerprint density at radius 2 is 1.71 bits per heavy atom. The van der Waals surface area contributed by atoms with Gasteiger partial charge in [0.05, 0.1) is 0 Å². The van der Waals surface area contributed by atoms with E-state index in [1.807, 2.05) is 49.4 Å². The third-order valence-corrected chi connectivity index (χ3v) is 5.07. The molecule has 0 heterocycles. The lowest BCUT2D eigenvalue weighted by Crippen LogP contribution is -2.30. The molecule has 2 atom stereocenters. The highest BCUT2D eigenvalue weighted by molar-refractivity contribution is 5.94. The Morgan fingerprint density at radius 1 is 1.00 bits per heavy atom. The molecule has 0 aromatic heterocycles. The molecule has 150 valence electrons. The summed E-state index contributed by atoms with van der Waals surface area (Å²) in [6, 6.07) is 15.6. The van der Waals surface area contributed by atoms with Gasteiger partial charge in [-0.15, -0.1) is 12.4 Å². The molecule has 0 bridgehead atoms. The number of halogens is 1. The van der Waals surface area contributed by atoms with Crippen molar-refractivity contribution in [2.75, 3.05) is 0 Å². The number of nitrogens with one attached hydrogen (secondary N) is 2. The van der Waals surface area contributed by atoms with Crippen LogP contribution < -0.4 is 16.4 Å². The van der Waals surface area contributed by atoms with Crippen LogP contribution in [0.3, 0.4) is 0 Å². The molecule has 1 saturated carbocycles. The molecule has 0 spiro atoms. The van der Waals surface area contributed by atoms with Gasteiger partial charge in [0.15, 0.2) is 0 Å². The Kier molecular flexibility index (Phi) is 8.03. The van der Waals surface area contributed by atoms with Gasteiger partial charge >= 0.3 is 0 Å². The summed E-state index contributed by atoms with van der Waals surface area (Å²) in [6.45, 7) is 2.94. The number of hydrogen-bond acceptors (Lipinski definition) is 3. The first-order valence-corrected chi connectivity index (χ1v) is 9.47. The average Bonchev–Trinajstić information content (AvgIpc) is 3.12. The summed E-state index contributed by atoms with van der Waals surface area (Å²) >= 11 is 0. The Balaban J connectivity index is 0.00000280. The van der Waals surface area contributed by atoms with Crippen LogP contribution in [-0.2, 0) is 17.9 Å². The largest absolute Gasteiger partial charge is 0.352 e. The molecule has 2 unspecified atom stereocenters. The Labute approximate surface area is 172 Å². The summed E-state index contributed by atoms with van der Waals surface area (Å²) in [5, 5.41) is 5.90. The van der Waals surface area contributed by atoms with Crippen LogP contribution in [0.4, 0.5) is 0 Å². The second-order valence-electron chi connectivity index (χ2n) is 7.36. The summed E-state index contributed by atoms with van der Waals surface area (Å²) in [7, 11) is 0. The Bertz CT molecular complexity index is 808. The number of carbonyl (C=O) groups excluding carboxylic acids is 2. The minimum absolute atomic E-state index is 0. The predicted molar refractivity (Wildman–Crippen MR) is 113 cm³/mol. The van der Waals surface area contributed by atoms with E-state index in [-0.39, 0.29) is 36.2 Å². The molecule has 2 aromatic carbocycles. The van der Waals surface area contributed by atoms with Gasteiger partial charge in [-0.05, 0) is 49.4 Å². The van der Waals surface area contributed by atoms with E-state index in [4.69, 9.17) is 5.73 Å². The van der Waals surface area contributed by atoms with Gasteiger partial charge in [-0.3, -0.25) is 9.59 Å². The van der Waals surface area contributed by atoms with Crippen molar-refractivity contribution in [2.45, 2.75) is 45.3 Å². The van der Waals surface area contributed by atoms with Crippen LogP contribution in [0.5, 0.6) is 0 Å². The van der Waals surface area contributed by atoms with Gasteiger partial charge in [0, 0.05) is 30.6 Å². The number of hydrogen-bond donors (Lipinski definition) is 3. The second-order valence-corrected chi connectivity index (χ2v) is 7.36. The zero-order valence-corrected chi connectivity index (χ0v) is 16.9. The molecule has 0 aliphatic heterocycles. The maximum absolute atomic E-state index is 12.4. The summed E-state index contributed by atoms with van der Waals surface area (Å²) in [5.74, 6) is -0.0521. The van der Waals surface area contributed by atoms with Crippen LogP contribution >= 0.6 is 12.4 Å². The van der Waals surface area contributed by atoms with Gasteiger partial charge in [-0.2, -0.15) is 0 Å².